The number of aryl methyl sites for hydroxylation is 1. The summed E-state index contributed by atoms with van der Waals surface area (Å²) in [4.78, 5) is 37.7. The summed E-state index contributed by atoms with van der Waals surface area (Å²) in [5, 5.41) is 13.2. The Labute approximate surface area is 209 Å². The molecule has 0 radical (unpaired) electrons. The van der Waals surface area contributed by atoms with Crippen molar-refractivity contribution in [2.75, 3.05) is 24.8 Å². The maximum absolute atomic E-state index is 12.8. The highest BCUT2D eigenvalue weighted by Crippen LogP contribution is 2.34. The Hall–Kier alpha value is -3.44. The van der Waals surface area contributed by atoms with Crippen LogP contribution in [0.4, 0.5) is 5.00 Å². The molecule has 0 aliphatic rings. The van der Waals surface area contributed by atoms with E-state index >= 15 is 0 Å². The van der Waals surface area contributed by atoms with Crippen molar-refractivity contribution in [2.45, 2.75) is 32.9 Å². The van der Waals surface area contributed by atoms with Crippen molar-refractivity contribution in [3.8, 4) is 5.75 Å². The molecular formula is C24H24N4O5S2. The number of thiophene rings is 1. The van der Waals surface area contributed by atoms with Gasteiger partial charge in [0, 0.05) is 5.39 Å². The number of methoxy groups -OCH3 is 1. The first-order valence-corrected chi connectivity index (χ1v) is 12.6. The highest BCUT2D eigenvalue weighted by molar-refractivity contribution is 7.99. The number of pyridine rings is 1. The molecule has 3 heterocycles. The largest absolute Gasteiger partial charge is 0.497 e. The lowest BCUT2D eigenvalue weighted by atomic mass is 10.1. The van der Waals surface area contributed by atoms with Crippen molar-refractivity contribution in [1.82, 2.24) is 14.6 Å². The zero-order valence-electron chi connectivity index (χ0n) is 19.9. The van der Waals surface area contributed by atoms with Crippen LogP contribution >= 0.6 is 23.1 Å². The standard InChI is InChI=1S/C24H24N4O5S2/c1-6-33-23(31)19-13(3)20(14(4)29)35-22(19)25-18(30)11-34-24-27-26-21-12(2)9-15-10-16(32-5)7-8-17(15)28(21)24/h7-10H,6,11H2,1-5H3,(H,25,30). The Morgan fingerprint density at radius 2 is 1.94 bits per heavy atom. The van der Waals surface area contributed by atoms with Gasteiger partial charge in [0.05, 0.1) is 35.4 Å². The number of nitrogens with one attached hydrogen (secondary N) is 1. The van der Waals surface area contributed by atoms with Gasteiger partial charge in [0.15, 0.2) is 16.6 Å². The molecule has 0 bridgehead atoms. The number of rotatable bonds is 8. The number of amides is 1. The van der Waals surface area contributed by atoms with Gasteiger partial charge in [-0.25, -0.2) is 4.79 Å². The summed E-state index contributed by atoms with van der Waals surface area (Å²) in [7, 11) is 1.62. The summed E-state index contributed by atoms with van der Waals surface area (Å²) in [6.45, 7) is 6.94. The van der Waals surface area contributed by atoms with Crippen LogP contribution in [-0.4, -0.2) is 51.7 Å². The van der Waals surface area contributed by atoms with Crippen molar-refractivity contribution in [3.05, 3.63) is 45.8 Å². The van der Waals surface area contributed by atoms with E-state index in [1.807, 2.05) is 35.6 Å². The molecule has 4 aromatic rings. The number of esters is 1. The van der Waals surface area contributed by atoms with Gasteiger partial charge in [-0.15, -0.1) is 21.5 Å². The Morgan fingerprint density at radius 3 is 2.63 bits per heavy atom. The van der Waals surface area contributed by atoms with E-state index in [-0.39, 0.29) is 29.6 Å². The van der Waals surface area contributed by atoms with E-state index in [0.717, 1.165) is 33.6 Å². The number of hydrogen-bond acceptors (Lipinski definition) is 9. The zero-order valence-corrected chi connectivity index (χ0v) is 21.6. The summed E-state index contributed by atoms with van der Waals surface area (Å²) < 4.78 is 12.4. The highest BCUT2D eigenvalue weighted by atomic mass is 32.2. The van der Waals surface area contributed by atoms with Crippen LogP contribution in [0.1, 0.15) is 45.0 Å². The zero-order chi connectivity index (χ0) is 25.3. The number of carbonyl (C=O) groups is 3. The number of thioether (sulfide) groups is 1. The molecule has 0 saturated carbocycles. The van der Waals surface area contributed by atoms with E-state index in [4.69, 9.17) is 9.47 Å². The number of anilines is 1. The molecule has 11 heteroatoms. The molecule has 0 fully saturated rings. The second-order valence-corrected chi connectivity index (χ2v) is 9.73. The number of benzene rings is 1. The molecule has 182 valence electrons. The van der Waals surface area contributed by atoms with Gasteiger partial charge in [0.1, 0.15) is 10.8 Å². The maximum Gasteiger partial charge on any atom is 0.341 e. The van der Waals surface area contributed by atoms with Gasteiger partial charge in [0.2, 0.25) is 5.91 Å². The lowest BCUT2D eigenvalue weighted by molar-refractivity contribution is -0.113. The van der Waals surface area contributed by atoms with Gasteiger partial charge >= 0.3 is 5.97 Å². The lowest BCUT2D eigenvalue weighted by Crippen LogP contribution is -2.16. The Balaban J connectivity index is 1.60. The fourth-order valence-corrected chi connectivity index (χ4v) is 5.64. The van der Waals surface area contributed by atoms with Gasteiger partial charge in [-0.3, -0.25) is 14.0 Å². The summed E-state index contributed by atoms with van der Waals surface area (Å²) in [6, 6.07) is 7.75. The van der Waals surface area contributed by atoms with Crippen molar-refractivity contribution in [2.24, 2.45) is 0 Å². The van der Waals surface area contributed by atoms with Crippen molar-refractivity contribution in [3.63, 3.8) is 0 Å². The smallest absolute Gasteiger partial charge is 0.341 e. The normalized spacial score (nSPS) is 11.1. The van der Waals surface area contributed by atoms with Gasteiger partial charge in [-0.05, 0) is 63.1 Å². The maximum atomic E-state index is 12.8. The molecule has 0 aliphatic heterocycles. The third-order valence-corrected chi connectivity index (χ3v) is 7.60. The van der Waals surface area contributed by atoms with E-state index < -0.39 is 5.97 Å². The van der Waals surface area contributed by atoms with E-state index in [1.54, 1.807) is 21.0 Å². The number of ketones is 1. The second-order valence-electron chi connectivity index (χ2n) is 7.77. The van der Waals surface area contributed by atoms with E-state index in [1.165, 1.54) is 18.7 Å². The topological polar surface area (TPSA) is 112 Å². The van der Waals surface area contributed by atoms with Crippen LogP contribution in [0, 0.1) is 13.8 Å². The molecule has 1 aromatic carbocycles. The van der Waals surface area contributed by atoms with Gasteiger partial charge < -0.3 is 14.8 Å². The van der Waals surface area contributed by atoms with Crippen LogP contribution in [0.15, 0.2) is 29.4 Å². The number of carbonyl (C=O) groups excluding carboxylic acids is 3. The summed E-state index contributed by atoms with van der Waals surface area (Å²) in [5.41, 5.74) is 3.26. The van der Waals surface area contributed by atoms with Crippen molar-refractivity contribution < 1.29 is 23.9 Å². The summed E-state index contributed by atoms with van der Waals surface area (Å²) in [6.07, 6.45) is 0. The Bertz CT molecular complexity index is 1470. The van der Waals surface area contributed by atoms with Crippen LogP contribution in [-0.2, 0) is 9.53 Å². The van der Waals surface area contributed by atoms with E-state index in [0.29, 0.717) is 26.2 Å². The molecule has 35 heavy (non-hydrogen) atoms. The van der Waals surface area contributed by atoms with Crippen LogP contribution in [0.5, 0.6) is 5.75 Å². The Kier molecular flexibility index (Phi) is 7.08. The fourth-order valence-electron chi connectivity index (χ4n) is 3.79. The minimum atomic E-state index is -0.572. The third-order valence-electron chi connectivity index (χ3n) is 5.37. The Morgan fingerprint density at radius 1 is 1.17 bits per heavy atom. The first-order valence-electron chi connectivity index (χ1n) is 10.8. The quantitative estimate of drug-likeness (QED) is 0.206. The third kappa shape index (κ3) is 4.73. The number of ether oxygens (including phenoxy) is 2. The molecule has 0 unspecified atom stereocenters. The molecule has 3 aromatic heterocycles. The average Bonchev–Trinajstić information content (AvgIpc) is 3.39. The molecule has 0 saturated heterocycles. The second kappa shape index (κ2) is 10.0. The minimum Gasteiger partial charge on any atom is -0.497 e. The summed E-state index contributed by atoms with van der Waals surface area (Å²) in [5.74, 6) is -0.320. The first-order chi connectivity index (χ1) is 16.7. The van der Waals surface area contributed by atoms with Crippen molar-refractivity contribution >= 4 is 62.3 Å². The van der Waals surface area contributed by atoms with E-state index in [9.17, 15) is 14.4 Å². The van der Waals surface area contributed by atoms with Crippen LogP contribution in [0.2, 0.25) is 0 Å². The van der Waals surface area contributed by atoms with Crippen LogP contribution < -0.4 is 10.1 Å². The monoisotopic (exact) mass is 512 g/mol. The number of Topliss-reactive ketones (excluding diaryl/α,β-unsaturated/α-hetero) is 1. The molecule has 0 atom stereocenters. The average molecular weight is 513 g/mol. The summed E-state index contributed by atoms with van der Waals surface area (Å²) >= 11 is 2.30. The minimum absolute atomic E-state index is 0.0288. The fraction of sp³-hybridized carbons (Fsp3) is 0.292. The van der Waals surface area contributed by atoms with Gasteiger partial charge in [-0.1, -0.05) is 11.8 Å². The van der Waals surface area contributed by atoms with Crippen molar-refractivity contribution in [1.29, 1.82) is 0 Å². The van der Waals surface area contributed by atoms with Gasteiger partial charge in [-0.2, -0.15) is 0 Å². The van der Waals surface area contributed by atoms with Crippen LogP contribution in [0.3, 0.4) is 0 Å². The lowest BCUT2D eigenvalue weighted by Gasteiger charge is -2.09. The molecule has 4 rings (SSSR count). The molecular weight excluding hydrogens is 488 g/mol. The molecule has 0 aliphatic carbocycles. The van der Waals surface area contributed by atoms with Crippen LogP contribution in [0.25, 0.3) is 16.6 Å². The SMILES string of the molecule is CCOC(=O)c1c(NC(=O)CSc2nnc3c(C)cc4cc(OC)ccc4n23)sc(C(C)=O)c1C. The molecule has 1 N–H and O–H groups in total. The number of hydrogen-bond donors (Lipinski definition) is 1. The molecule has 9 nitrogen and oxygen atoms in total. The predicted molar refractivity (Wildman–Crippen MR) is 136 cm³/mol. The molecule has 0 spiro atoms. The predicted octanol–water partition coefficient (Wildman–Crippen LogP) is 4.68. The number of nitrogens with zero attached hydrogens (tertiary/aromatic N) is 3. The number of fused-ring (bicyclic) bond motifs is 3. The number of aromatic nitrogens is 3. The van der Waals surface area contributed by atoms with Gasteiger partial charge in [0.25, 0.3) is 0 Å². The molecule has 1 amide bonds. The highest BCUT2D eigenvalue weighted by Gasteiger charge is 2.25. The van der Waals surface area contributed by atoms with E-state index in [2.05, 4.69) is 15.5 Å². The first kappa shape index (κ1) is 24.7.